The number of carbonyl (C=O) groups excluding carboxylic acids is 1. The zero-order chi connectivity index (χ0) is 19.4. The molecule has 0 bridgehead atoms. The SMILES string of the molecule is CCCNC(=O)[C@H](Nc1ccnc(-c2c[nH]c3ncc(Cl)cc23)n1)C(C)C.[HH].[HH].[HH]. The number of hydrogen-bond acceptors (Lipinski definition) is 5. The third-order valence-electron chi connectivity index (χ3n) is 4.20. The normalized spacial score (nSPS) is 12.3. The molecule has 0 aliphatic carbocycles. The van der Waals surface area contributed by atoms with Gasteiger partial charge in [0.2, 0.25) is 5.91 Å². The summed E-state index contributed by atoms with van der Waals surface area (Å²) in [4.78, 5) is 28.7. The number of halogens is 1. The second-order valence-electron chi connectivity index (χ2n) is 6.67. The van der Waals surface area contributed by atoms with Gasteiger partial charge in [0.25, 0.3) is 0 Å². The fourth-order valence-electron chi connectivity index (χ4n) is 2.78. The van der Waals surface area contributed by atoms with Gasteiger partial charge in [0.1, 0.15) is 17.5 Å². The van der Waals surface area contributed by atoms with Crippen molar-refractivity contribution in [3.8, 4) is 11.4 Å². The van der Waals surface area contributed by atoms with Crippen LogP contribution in [-0.4, -0.2) is 38.4 Å². The molecule has 3 rings (SSSR count). The lowest BCUT2D eigenvalue weighted by Gasteiger charge is -2.22. The number of nitrogens with zero attached hydrogens (tertiary/aromatic N) is 3. The summed E-state index contributed by atoms with van der Waals surface area (Å²) in [6.45, 7) is 6.68. The Hall–Kier alpha value is -2.67. The molecule has 0 radical (unpaired) electrons. The van der Waals surface area contributed by atoms with Gasteiger partial charge in [0.05, 0.1) is 5.02 Å². The number of aromatic nitrogens is 4. The van der Waals surface area contributed by atoms with Crippen molar-refractivity contribution in [2.24, 2.45) is 5.92 Å². The van der Waals surface area contributed by atoms with E-state index in [0.717, 1.165) is 23.0 Å². The molecule has 0 spiro atoms. The Morgan fingerprint density at radius 2 is 2.19 bits per heavy atom. The molecule has 0 aliphatic rings. The van der Waals surface area contributed by atoms with E-state index < -0.39 is 0 Å². The average molecular weight is 393 g/mol. The summed E-state index contributed by atoms with van der Waals surface area (Å²) in [5.41, 5.74) is 1.52. The van der Waals surface area contributed by atoms with Crippen molar-refractivity contribution in [1.29, 1.82) is 0 Å². The summed E-state index contributed by atoms with van der Waals surface area (Å²) in [7, 11) is 0. The summed E-state index contributed by atoms with van der Waals surface area (Å²) in [5.74, 6) is 1.20. The molecule has 3 aromatic rings. The minimum absolute atomic E-state index is 0. The number of carbonyl (C=O) groups is 1. The van der Waals surface area contributed by atoms with Crippen LogP contribution >= 0.6 is 11.6 Å². The summed E-state index contributed by atoms with van der Waals surface area (Å²) >= 11 is 6.07. The highest BCUT2D eigenvalue weighted by molar-refractivity contribution is 6.31. The molecule has 27 heavy (non-hydrogen) atoms. The zero-order valence-electron chi connectivity index (χ0n) is 15.6. The highest BCUT2D eigenvalue weighted by Gasteiger charge is 2.22. The van der Waals surface area contributed by atoms with E-state index in [-0.39, 0.29) is 22.1 Å². The monoisotopic (exact) mass is 392 g/mol. The Bertz CT molecular complexity index is 953. The van der Waals surface area contributed by atoms with Crippen LogP contribution in [0.5, 0.6) is 0 Å². The number of fused-ring (bicyclic) bond motifs is 1. The van der Waals surface area contributed by atoms with Crippen LogP contribution in [-0.2, 0) is 4.79 Å². The van der Waals surface area contributed by atoms with E-state index >= 15 is 0 Å². The van der Waals surface area contributed by atoms with Gasteiger partial charge in [0.15, 0.2) is 5.82 Å². The second-order valence-corrected chi connectivity index (χ2v) is 7.11. The molecule has 0 unspecified atom stereocenters. The molecule has 8 heteroatoms. The highest BCUT2D eigenvalue weighted by atomic mass is 35.5. The van der Waals surface area contributed by atoms with Gasteiger partial charge in [-0.2, -0.15) is 0 Å². The van der Waals surface area contributed by atoms with Gasteiger partial charge in [-0.15, -0.1) is 0 Å². The molecule has 0 fully saturated rings. The first-order valence-electron chi connectivity index (χ1n) is 9.00. The van der Waals surface area contributed by atoms with E-state index in [1.54, 1.807) is 24.7 Å². The van der Waals surface area contributed by atoms with Gasteiger partial charge in [-0.1, -0.05) is 32.4 Å². The van der Waals surface area contributed by atoms with Crippen LogP contribution in [0.4, 0.5) is 5.82 Å². The maximum Gasteiger partial charge on any atom is 0.242 e. The number of pyridine rings is 1. The number of hydrogen-bond donors (Lipinski definition) is 3. The lowest BCUT2D eigenvalue weighted by atomic mass is 10.0. The fraction of sp³-hybridized carbons (Fsp3) is 0.368. The molecule has 0 aromatic carbocycles. The van der Waals surface area contributed by atoms with Crippen LogP contribution in [0, 0.1) is 5.92 Å². The third kappa shape index (κ3) is 4.36. The fourth-order valence-corrected chi connectivity index (χ4v) is 2.94. The molecule has 148 valence electrons. The van der Waals surface area contributed by atoms with Gasteiger partial charge in [-0.25, -0.2) is 15.0 Å². The molecule has 7 nitrogen and oxygen atoms in total. The lowest BCUT2D eigenvalue weighted by Crippen LogP contribution is -2.43. The standard InChI is InChI=1S/C19H23ClN6O.3H2/c1-4-6-22-19(27)16(11(2)3)25-15-5-7-21-18(26-15)14-10-24-17-13(14)8-12(20)9-23-17;;;/h5,7-11,16H,4,6H2,1-3H3,(H,22,27)(H,23,24)(H,21,25,26);3*1H/t16-;;;/m1.../s1. The van der Waals surface area contributed by atoms with Crippen LogP contribution in [0.1, 0.15) is 31.5 Å². The summed E-state index contributed by atoms with van der Waals surface area (Å²) < 4.78 is 0. The van der Waals surface area contributed by atoms with Crippen molar-refractivity contribution in [3.63, 3.8) is 0 Å². The molecule has 0 aliphatic heterocycles. The summed E-state index contributed by atoms with van der Waals surface area (Å²) in [5, 5.41) is 7.56. The largest absolute Gasteiger partial charge is 0.358 e. The quantitative estimate of drug-likeness (QED) is 0.554. The van der Waals surface area contributed by atoms with Crippen LogP contribution in [0.25, 0.3) is 22.4 Å². The first kappa shape index (κ1) is 19.1. The third-order valence-corrected chi connectivity index (χ3v) is 4.40. The molecular weight excluding hydrogens is 364 g/mol. The maximum atomic E-state index is 12.4. The van der Waals surface area contributed by atoms with Crippen molar-refractivity contribution >= 4 is 34.4 Å². The predicted octanol–water partition coefficient (Wildman–Crippen LogP) is 4.37. The van der Waals surface area contributed by atoms with Gasteiger partial charge < -0.3 is 15.6 Å². The Labute approximate surface area is 167 Å². The van der Waals surface area contributed by atoms with E-state index in [9.17, 15) is 4.79 Å². The van der Waals surface area contributed by atoms with Gasteiger partial charge in [-0.05, 0) is 24.5 Å². The van der Waals surface area contributed by atoms with Gasteiger partial charge >= 0.3 is 0 Å². The van der Waals surface area contributed by atoms with E-state index in [0.29, 0.717) is 23.2 Å². The van der Waals surface area contributed by atoms with Crippen LogP contribution in [0.2, 0.25) is 5.02 Å². The Morgan fingerprint density at radius 3 is 2.93 bits per heavy atom. The van der Waals surface area contributed by atoms with Crippen molar-refractivity contribution in [2.45, 2.75) is 33.2 Å². The Kier molecular flexibility index (Phi) is 5.91. The first-order chi connectivity index (χ1) is 13.0. The summed E-state index contributed by atoms with van der Waals surface area (Å²) in [6, 6.07) is 3.21. The lowest BCUT2D eigenvalue weighted by molar-refractivity contribution is -0.122. The van der Waals surface area contributed by atoms with E-state index in [1.807, 2.05) is 26.8 Å². The topological polar surface area (TPSA) is 95.6 Å². The van der Waals surface area contributed by atoms with Gasteiger partial charge in [-0.3, -0.25) is 4.79 Å². The van der Waals surface area contributed by atoms with Crippen molar-refractivity contribution in [1.82, 2.24) is 25.3 Å². The van der Waals surface area contributed by atoms with Crippen molar-refractivity contribution in [2.75, 3.05) is 11.9 Å². The Balaban J connectivity index is 0.00000280. The van der Waals surface area contributed by atoms with E-state index in [4.69, 9.17) is 11.6 Å². The second kappa shape index (κ2) is 8.35. The molecule has 1 atom stereocenters. The molecular formula is C19H29ClN6O. The van der Waals surface area contributed by atoms with Crippen LogP contribution < -0.4 is 10.6 Å². The molecule has 1 amide bonds. The zero-order valence-corrected chi connectivity index (χ0v) is 16.3. The average Bonchev–Trinajstić information content (AvgIpc) is 3.07. The van der Waals surface area contributed by atoms with Crippen molar-refractivity contribution in [3.05, 3.63) is 35.7 Å². The number of aromatic amines is 1. The molecule has 0 saturated heterocycles. The minimum Gasteiger partial charge on any atom is -0.358 e. The first-order valence-corrected chi connectivity index (χ1v) is 9.37. The van der Waals surface area contributed by atoms with E-state index in [1.165, 1.54) is 0 Å². The minimum atomic E-state index is -0.376. The number of rotatable bonds is 7. The number of nitrogens with one attached hydrogen (secondary N) is 3. The van der Waals surface area contributed by atoms with Crippen LogP contribution in [0.3, 0.4) is 0 Å². The number of H-pyrrole nitrogens is 1. The van der Waals surface area contributed by atoms with Crippen molar-refractivity contribution < 1.29 is 9.07 Å². The van der Waals surface area contributed by atoms with E-state index in [2.05, 4.69) is 30.6 Å². The molecule has 0 saturated carbocycles. The molecule has 3 heterocycles. The predicted molar refractivity (Wildman–Crippen MR) is 114 cm³/mol. The molecule has 3 N–H and O–H groups in total. The smallest absolute Gasteiger partial charge is 0.242 e. The highest BCUT2D eigenvalue weighted by Crippen LogP contribution is 2.27. The number of amides is 1. The Morgan fingerprint density at radius 1 is 1.37 bits per heavy atom. The molecule has 3 aromatic heterocycles. The van der Waals surface area contributed by atoms with Gasteiger partial charge in [0, 0.05) is 40.4 Å². The number of anilines is 1. The maximum absolute atomic E-state index is 12.4. The van der Waals surface area contributed by atoms with Crippen LogP contribution in [0.15, 0.2) is 30.7 Å². The summed E-state index contributed by atoms with van der Waals surface area (Å²) in [6.07, 6.45) is 5.96.